The number of methoxy groups -OCH3 is 1. The van der Waals surface area contributed by atoms with Gasteiger partial charge in [0, 0.05) is 6.07 Å². The van der Waals surface area contributed by atoms with Gasteiger partial charge in [0.15, 0.2) is 5.43 Å². The van der Waals surface area contributed by atoms with E-state index in [1.54, 1.807) is 6.92 Å². The largest absolute Gasteiger partial charge is 0.496 e. The molecule has 0 saturated carbocycles. The number of aliphatic hydroxyl groups is 6. The Kier molecular flexibility index (Phi) is 6.48. The summed E-state index contributed by atoms with van der Waals surface area (Å²) >= 11 is 0. The van der Waals surface area contributed by atoms with Crippen molar-refractivity contribution in [3.8, 4) is 5.75 Å². The molecule has 0 aliphatic carbocycles. The van der Waals surface area contributed by atoms with Gasteiger partial charge in [0.2, 0.25) is 0 Å². The Morgan fingerprint density at radius 2 is 1.80 bits per heavy atom. The molecule has 2 heterocycles. The maximum absolute atomic E-state index is 12.8. The molecule has 0 amide bonds. The summed E-state index contributed by atoms with van der Waals surface area (Å²) in [6.45, 7) is 2.33. The Bertz CT molecular complexity index is 966. The van der Waals surface area contributed by atoms with Crippen molar-refractivity contribution in [2.45, 2.75) is 56.6 Å². The molecule has 10 nitrogen and oxygen atoms in total. The normalized spacial score (nSPS) is 29.0. The van der Waals surface area contributed by atoms with Crippen LogP contribution in [-0.4, -0.2) is 74.9 Å². The van der Waals surface area contributed by atoms with Crippen LogP contribution in [0.3, 0.4) is 0 Å². The van der Waals surface area contributed by atoms with E-state index in [0.717, 1.165) is 6.07 Å². The van der Waals surface area contributed by atoms with Crippen molar-refractivity contribution in [1.82, 2.24) is 0 Å². The predicted octanol–water partition coefficient (Wildman–Crippen LogP) is -0.961. The molecule has 0 radical (unpaired) electrons. The van der Waals surface area contributed by atoms with E-state index in [1.807, 2.05) is 0 Å². The maximum Gasteiger partial charge on any atom is 0.193 e. The highest BCUT2D eigenvalue weighted by molar-refractivity contribution is 5.86. The summed E-state index contributed by atoms with van der Waals surface area (Å²) in [5.74, 6) is -0.0443. The molecule has 7 atom stereocenters. The number of benzene rings is 1. The van der Waals surface area contributed by atoms with Crippen LogP contribution in [-0.2, 0) is 4.74 Å². The number of aliphatic hydroxyl groups excluding tert-OH is 6. The van der Waals surface area contributed by atoms with Crippen molar-refractivity contribution >= 4 is 11.0 Å². The quantitative estimate of drug-likeness (QED) is 0.350. The molecule has 0 spiro atoms. The van der Waals surface area contributed by atoms with Crippen LogP contribution in [0, 0.1) is 6.92 Å². The lowest BCUT2D eigenvalue weighted by molar-refractivity contribution is -0.231. The highest BCUT2D eigenvalue weighted by atomic mass is 16.5. The molecule has 10 heteroatoms. The topological polar surface area (TPSA) is 170 Å². The lowest BCUT2D eigenvalue weighted by Gasteiger charge is -2.40. The van der Waals surface area contributed by atoms with E-state index in [2.05, 4.69) is 0 Å². The van der Waals surface area contributed by atoms with Crippen molar-refractivity contribution in [3.05, 3.63) is 39.2 Å². The maximum atomic E-state index is 12.8. The van der Waals surface area contributed by atoms with Gasteiger partial charge in [-0.25, -0.2) is 0 Å². The van der Waals surface area contributed by atoms with Gasteiger partial charge in [0.05, 0.1) is 30.8 Å². The fraction of sp³-hybridized carbons (Fsp3) is 0.550. The minimum Gasteiger partial charge on any atom is -0.496 e. The van der Waals surface area contributed by atoms with Crippen LogP contribution in [0.4, 0.5) is 0 Å². The lowest BCUT2D eigenvalue weighted by Crippen LogP contribution is -2.55. The van der Waals surface area contributed by atoms with Gasteiger partial charge in [-0.15, -0.1) is 0 Å². The third kappa shape index (κ3) is 3.71. The summed E-state index contributed by atoms with van der Waals surface area (Å²) < 4.78 is 16.8. The highest BCUT2D eigenvalue weighted by Crippen LogP contribution is 2.42. The molecule has 1 aliphatic rings. The third-order valence-corrected chi connectivity index (χ3v) is 5.36. The number of rotatable bonds is 5. The molecule has 1 aromatic carbocycles. The Labute approximate surface area is 171 Å². The fourth-order valence-corrected chi connectivity index (χ4v) is 3.70. The van der Waals surface area contributed by atoms with E-state index < -0.39 is 54.8 Å². The van der Waals surface area contributed by atoms with Gasteiger partial charge in [-0.3, -0.25) is 4.79 Å². The molecule has 0 bridgehead atoms. The third-order valence-electron chi connectivity index (χ3n) is 5.36. The molecule has 6 N–H and O–H groups in total. The van der Waals surface area contributed by atoms with E-state index in [0.29, 0.717) is 5.56 Å². The van der Waals surface area contributed by atoms with Crippen LogP contribution in [0.1, 0.15) is 36.0 Å². The fourth-order valence-electron chi connectivity index (χ4n) is 3.70. The van der Waals surface area contributed by atoms with Gasteiger partial charge in [-0.05, 0) is 25.5 Å². The summed E-state index contributed by atoms with van der Waals surface area (Å²) in [6, 6.07) is 2.59. The molecule has 166 valence electrons. The first-order chi connectivity index (χ1) is 14.1. The zero-order valence-corrected chi connectivity index (χ0v) is 16.7. The predicted molar refractivity (Wildman–Crippen MR) is 103 cm³/mol. The molecule has 1 aliphatic heterocycles. The lowest BCUT2D eigenvalue weighted by atomic mass is 9.89. The van der Waals surface area contributed by atoms with Gasteiger partial charge < -0.3 is 44.5 Å². The molecule has 1 fully saturated rings. The van der Waals surface area contributed by atoms with Gasteiger partial charge >= 0.3 is 0 Å². The van der Waals surface area contributed by atoms with Gasteiger partial charge in [0.25, 0.3) is 0 Å². The smallest absolute Gasteiger partial charge is 0.193 e. The van der Waals surface area contributed by atoms with Crippen molar-refractivity contribution < 1.29 is 44.5 Å². The minimum absolute atomic E-state index is 0.0618. The van der Waals surface area contributed by atoms with Crippen molar-refractivity contribution in [2.24, 2.45) is 0 Å². The second-order valence-electron chi connectivity index (χ2n) is 7.46. The number of fused-ring (bicyclic) bond motifs is 1. The molecular weight excluding hydrogens is 400 g/mol. The van der Waals surface area contributed by atoms with Gasteiger partial charge in [-0.2, -0.15) is 0 Å². The van der Waals surface area contributed by atoms with Crippen LogP contribution in [0.2, 0.25) is 0 Å². The summed E-state index contributed by atoms with van der Waals surface area (Å²) in [7, 11) is 1.35. The SMILES string of the molecule is COc1cc(C)c2c(=O)cc(C(O)C(C)O)oc2c1[C@@H]1O[C@H](CO)[C@@H](O)[C@H](O)[C@H]1O. The van der Waals surface area contributed by atoms with E-state index in [9.17, 15) is 35.4 Å². The summed E-state index contributed by atoms with van der Waals surface area (Å²) in [5.41, 5.74) is -0.0240. The molecule has 2 unspecified atom stereocenters. The monoisotopic (exact) mass is 426 g/mol. The molecule has 3 rings (SSSR count). The first-order valence-corrected chi connectivity index (χ1v) is 9.44. The second-order valence-corrected chi connectivity index (χ2v) is 7.46. The number of ether oxygens (including phenoxy) is 2. The zero-order chi connectivity index (χ0) is 22.3. The van der Waals surface area contributed by atoms with Gasteiger partial charge in [0.1, 0.15) is 53.7 Å². The Balaban J connectivity index is 2.31. The van der Waals surface area contributed by atoms with E-state index in [1.165, 1.54) is 20.1 Å². The Hall–Kier alpha value is -2.05. The molecule has 2 aromatic rings. The first kappa shape index (κ1) is 22.6. The average molecular weight is 426 g/mol. The highest BCUT2D eigenvalue weighted by Gasteiger charge is 2.46. The van der Waals surface area contributed by atoms with Gasteiger partial charge in [-0.1, -0.05) is 0 Å². The Morgan fingerprint density at radius 1 is 1.13 bits per heavy atom. The zero-order valence-electron chi connectivity index (χ0n) is 16.7. The molecule has 30 heavy (non-hydrogen) atoms. The van der Waals surface area contributed by atoms with Crippen molar-refractivity contribution in [2.75, 3.05) is 13.7 Å². The minimum atomic E-state index is -1.65. The first-order valence-electron chi connectivity index (χ1n) is 9.44. The summed E-state index contributed by atoms with van der Waals surface area (Å²) in [6.07, 6.45) is -10.1. The number of aryl methyl sites for hydroxylation is 1. The second kappa shape index (κ2) is 8.60. The Morgan fingerprint density at radius 3 is 2.37 bits per heavy atom. The van der Waals surface area contributed by atoms with Crippen LogP contribution in [0.5, 0.6) is 5.75 Å². The number of hydrogen-bond donors (Lipinski definition) is 6. The van der Waals surface area contributed by atoms with Crippen LogP contribution < -0.4 is 10.2 Å². The summed E-state index contributed by atoms with van der Waals surface area (Å²) in [5, 5.41) is 60.3. The standard InChI is InChI=1S/C20H26O10/c1-7-4-10(28-3)14(20-18(27)17(26)16(25)12(6-21)30-20)19-13(7)9(23)5-11(29-19)15(24)8(2)22/h4-5,8,12,15-18,20-22,24-27H,6H2,1-3H3/t8?,12-,15?,16-,17+,18-,20+/m1/s1. The average Bonchev–Trinajstić information content (AvgIpc) is 2.71. The van der Waals surface area contributed by atoms with E-state index in [-0.39, 0.29) is 28.0 Å². The van der Waals surface area contributed by atoms with Crippen molar-refractivity contribution in [1.29, 1.82) is 0 Å². The molecule has 1 aromatic heterocycles. The summed E-state index contributed by atoms with van der Waals surface area (Å²) in [4.78, 5) is 12.8. The van der Waals surface area contributed by atoms with Crippen molar-refractivity contribution in [3.63, 3.8) is 0 Å². The molecule has 1 saturated heterocycles. The van der Waals surface area contributed by atoms with Crippen LogP contribution in [0.15, 0.2) is 21.3 Å². The van der Waals surface area contributed by atoms with Crippen LogP contribution >= 0.6 is 0 Å². The molecular formula is C20H26O10. The van der Waals surface area contributed by atoms with Crippen LogP contribution in [0.25, 0.3) is 11.0 Å². The van der Waals surface area contributed by atoms with E-state index >= 15 is 0 Å². The number of hydrogen-bond acceptors (Lipinski definition) is 10. The van der Waals surface area contributed by atoms with E-state index in [4.69, 9.17) is 13.9 Å².